The maximum absolute atomic E-state index is 12.6. The lowest BCUT2D eigenvalue weighted by molar-refractivity contribution is -0.143. The van der Waals surface area contributed by atoms with Crippen LogP contribution < -0.4 is 10.2 Å². The Hall–Kier alpha value is -2.30. The molecule has 1 aromatic heterocycles. The fourth-order valence-corrected chi connectivity index (χ4v) is 3.59. The molecule has 0 spiro atoms. The van der Waals surface area contributed by atoms with Crippen molar-refractivity contribution in [3.63, 3.8) is 0 Å². The Morgan fingerprint density at radius 1 is 1.36 bits per heavy atom. The van der Waals surface area contributed by atoms with Gasteiger partial charge in [-0.1, -0.05) is 0 Å². The summed E-state index contributed by atoms with van der Waals surface area (Å²) in [6, 6.07) is -0.112. The van der Waals surface area contributed by atoms with Gasteiger partial charge in [0.1, 0.15) is 6.54 Å². The fraction of sp³-hybridized carbons (Fsp3) is 0.706. The van der Waals surface area contributed by atoms with Gasteiger partial charge in [0.15, 0.2) is 5.96 Å². The van der Waals surface area contributed by atoms with Crippen molar-refractivity contribution in [3.8, 4) is 0 Å². The third-order valence-electron chi connectivity index (χ3n) is 4.84. The minimum Gasteiger partial charge on any atom is -0.352 e. The molecule has 2 fully saturated rings. The lowest BCUT2D eigenvalue weighted by Crippen LogP contribution is -2.57. The number of guanidine groups is 1. The van der Waals surface area contributed by atoms with E-state index in [1.165, 1.54) is 4.90 Å². The minimum absolute atomic E-state index is 0.0602. The van der Waals surface area contributed by atoms with Gasteiger partial charge in [0.2, 0.25) is 5.91 Å². The standard InChI is InChI=1S/C17H26F3N7O/c1-3-21-16(23-13-4-5-25(9-13)12-17(18,19)20)26-6-7-27(15(28)11-26)14-8-22-24(2)10-14/h8,10,13H,3-7,9,11-12H2,1-2H3,(H,21,23). The Bertz CT molecular complexity index is 718. The van der Waals surface area contributed by atoms with Crippen molar-refractivity contribution in [1.29, 1.82) is 0 Å². The largest absolute Gasteiger partial charge is 0.401 e. The summed E-state index contributed by atoms with van der Waals surface area (Å²) in [6.07, 6.45) is -0.131. The lowest BCUT2D eigenvalue weighted by atomic mass is 10.2. The van der Waals surface area contributed by atoms with Crippen molar-refractivity contribution in [3.05, 3.63) is 12.4 Å². The van der Waals surface area contributed by atoms with Gasteiger partial charge in [0.05, 0.1) is 18.4 Å². The van der Waals surface area contributed by atoms with Crippen LogP contribution in [0.5, 0.6) is 0 Å². The summed E-state index contributed by atoms with van der Waals surface area (Å²) in [5.41, 5.74) is 0.757. The fourth-order valence-electron chi connectivity index (χ4n) is 3.59. The average Bonchev–Trinajstić information content (AvgIpc) is 3.22. The van der Waals surface area contributed by atoms with Gasteiger partial charge in [0.25, 0.3) is 0 Å². The maximum Gasteiger partial charge on any atom is 0.401 e. The van der Waals surface area contributed by atoms with Gasteiger partial charge in [-0.2, -0.15) is 18.3 Å². The van der Waals surface area contributed by atoms with Crippen LogP contribution in [-0.2, 0) is 11.8 Å². The Morgan fingerprint density at radius 3 is 2.75 bits per heavy atom. The van der Waals surface area contributed by atoms with Crippen molar-refractivity contribution < 1.29 is 18.0 Å². The monoisotopic (exact) mass is 401 g/mol. The second kappa shape index (κ2) is 8.38. The zero-order valence-electron chi connectivity index (χ0n) is 16.1. The number of hydrogen-bond donors (Lipinski definition) is 1. The van der Waals surface area contributed by atoms with Gasteiger partial charge < -0.3 is 15.1 Å². The zero-order valence-corrected chi connectivity index (χ0v) is 16.1. The van der Waals surface area contributed by atoms with Crippen molar-refractivity contribution in [1.82, 2.24) is 24.9 Å². The van der Waals surface area contributed by atoms with Gasteiger partial charge in [-0.25, -0.2) is 0 Å². The van der Waals surface area contributed by atoms with Crippen LogP contribution >= 0.6 is 0 Å². The van der Waals surface area contributed by atoms with Crippen LogP contribution in [0.1, 0.15) is 13.3 Å². The molecule has 156 valence electrons. The first-order valence-electron chi connectivity index (χ1n) is 9.39. The molecule has 2 aliphatic rings. The second-order valence-electron chi connectivity index (χ2n) is 7.12. The quantitative estimate of drug-likeness (QED) is 0.593. The Labute approximate surface area is 162 Å². The molecule has 0 bridgehead atoms. The highest BCUT2D eigenvalue weighted by molar-refractivity contribution is 5.98. The molecule has 11 heteroatoms. The van der Waals surface area contributed by atoms with E-state index in [0.717, 1.165) is 5.69 Å². The summed E-state index contributed by atoms with van der Waals surface area (Å²) < 4.78 is 39.4. The van der Waals surface area contributed by atoms with Gasteiger partial charge in [-0.05, 0) is 13.3 Å². The Morgan fingerprint density at radius 2 is 2.14 bits per heavy atom. The minimum atomic E-state index is -4.19. The van der Waals surface area contributed by atoms with Crippen LogP contribution in [0.3, 0.4) is 0 Å². The summed E-state index contributed by atoms with van der Waals surface area (Å²) >= 11 is 0. The number of halogens is 3. The summed E-state index contributed by atoms with van der Waals surface area (Å²) in [5.74, 6) is 0.524. The van der Waals surface area contributed by atoms with E-state index in [0.29, 0.717) is 45.1 Å². The van der Waals surface area contributed by atoms with Crippen LogP contribution in [0.15, 0.2) is 17.4 Å². The molecule has 0 aromatic carbocycles. The number of aryl methyl sites for hydroxylation is 1. The lowest BCUT2D eigenvalue weighted by Gasteiger charge is -2.36. The third kappa shape index (κ3) is 5.15. The first-order valence-corrected chi connectivity index (χ1v) is 9.39. The molecule has 1 amide bonds. The van der Waals surface area contributed by atoms with Gasteiger partial charge in [-0.3, -0.25) is 19.4 Å². The summed E-state index contributed by atoms with van der Waals surface area (Å²) in [6.45, 7) is 3.48. The van der Waals surface area contributed by atoms with E-state index in [-0.39, 0.29) is 18.5 Å². The predicted octanol–water partition coefficient (Wildman–Crippen LogP) is 0.671. The second-order valence-corrected chi connectivity index (χ2v) is 7.12. The molecule has 3 heterocycles. The molecule has 3 rings (SSSR count). The number of amides is 1. The Balaban J connectivity index is 1.58. The highest BCUT2D eigenvalue weighted by Gasteiger charge is 2.35. The number of aliphatic imine (C=N–C) groups is 1. The van der Waals surface area contributed by atoms with E-state index in [4.69, 9.17) is 0 Å². The van der Waals surface area contributed by atoms with E-state index in [1.54, 1.807) is 29.0 Å². The molecule has 2 saturated heterocycles. The highest BCUT2D eigenvalue weighted by Crippen LogP contribution is 2.20. The number of rotatable bonds is 4. The number of carbonyl (C=O) groups is 1. The number of nitrogens with zero attached hydrogens (tertiary/aromatic N) is 6. The van der Waals surface area contributed by atoms with E-state index in [9.17, 15) is 18.0 Å². The molecular formula is C17H26F3N7O. The van der Waals surface area contributed by atoms with Crippen LogP contribution in [-0.4, -0.2) is 89.5 Å². The molecule has 0 saturated carbocycles. The number of piperazine rings is 1. The predicted molar refractivity (Wildman–Crippen MR) is 99.1 cm³/mol. The zero-order chi connectivity index (χ0) is 20.3. The topological polar surface area (TPSA) is 69.0 Å². The van der Waals surface area contributed by atoms with Crippen LogP contribution in [0, 0.1) is 0 Å². The van der Waals surface area contributed by atoms with Crippen LogP contribution in [0.4, 0.5) is 18.9 Å². The normalized spacial score (nSPS) is 22.2. The van der Waals surface area contributed by atoms with Crippen molar-refractivity contribution >= 4 is 17.6 Å². The number of likely N-dealkylation sites (tertiary alicyclic amines) is 1. The van der Waals surface area contributed by atoms with E-state index in [1.807, 2.05) is 11.8 Å². The summed E-state index contributed by atoms with van der Waals surface area (Å²) in [5, 5.41) is 7.36. The number of hydrogen-bond acceptors (Lipinski definition) is 4. The van der Waals surface area contributed by atoms with Gasteiger partial charge in [0, 0.05) is 52.0 Å². The smallest absolute Gasteiger partial charge is 0.352 e. The number of alkyl halides is 3. The van der Waals surface area contributed by atoms with Crippen LogP contribution in [0.2, 0.25) is 0 Å². The Kier molecular flexibility index (Phi) is 6.11. The maximum atomic E-state index is 12.6. The summed E-state index contributed by atoms with van der Waals surface area (Å²) in [7, 11) is 1.80. The van der Waals surface area contributed by atoms with Crippen LogP contribution in [0.25, 0.3) is 0 Å². The molecule has 1 N–H and O–H groups in total. The van der Waals surface area contributed by atoms with Crippen molar-refractivity contribution in [2.45, 2.75) is 25.6 Å². The van der Waals surface area contributed by atoms with E-state index in [2.05, 4.69) is 15.4 Å². The molecule has 2 aliphatic heterocycles. The van der Waals surface area contributed by atoms with Crippen molar-refractivity contribution in [2.24, 2.45) is 12.0 Å². The molecule has 0 aliphatic carbocycles. The summed E-state index contributed by atoms with van der Waals surface area (Å²) in [4.78, 5) is 22.0. The molecule has 0 radical (unpaired) electrons. The SMILES string of the molecule is CCN=C(NC1CCN(CC(F)(F)F)C1)N1CCN(c2cnn(C)c2)C(=O)C1. The first kappa shape index (κ1) is 20.4. The number of aromatic nitrogens is 2. The highest BCUT2D eigenvalue weighted by atomic mass is 19.4. The first-order chi connectivity index (χ1) is 13.2. The van der Waals surface area contributed by atoms with Crippen molar-refractivity contribution in [2.75, 3.05) is 50.7 Å². The molecule has 28 heavy (non-hydrogen) atoms. The average molecular weight is 401 g/mol. The number of anilines is 1. The number of nitrogens with one attached hydrogen (secondary N) is 1. The molecular weight excluding hydrogens is 375 g/mol. The molecule has 1 aromatic rings. The molecule has 1 unspecified atom stereocenters. The molecule has 8 nitrogen and oxygen atoms in total. The van der Waals surface area contributed by atoms with Gasteiger partial charge >= 0.3 is 6.18 Å². The third-order valence-corrected chi connectivity index (χ3v) is 4.84. The molecule has 1 atom stereocenters. The van der Waals surface area contributed by atoms with E-state index >= 15 is 0 Å². The van der Waals surface area contributed by atoms with Gasteiger partial charge in [-0.15, -0.1) is 0 Å². The van der Waals surface area contributed by atoms with E-state index < -0.39 is 12.7 Å². The number of carbonyl (C=O) groups excluding carboxylic acids is 1.